The van der Waals surface area contributed by atoms with E-state index in [0.717, 1.165) is 41.1 Å². The molecule has 0 aliphatic heterocycles. The summed E-state index contributed by atoms with van der Waals surface area (Å²) in [5.74, 6) is 0.846. The normalized spacial score (nSPS) is 10.5. The van der Waals surface area contributed by atoms with Crippen molar-refractivity contribution >= 4 is 34.7 Å². The van der Waals surface area contributed by atoms with E-state index in [1.165, 1.54) is 0 Å². The summed E-state index contributed by atoms with van der Waals surface area (Å²) < 4.78 is 6.21. The fourth-order valence-corrected chi connectivity index (χ4v) is 4.07. The van der Waals surface area contributed by atoms with Gasteiger partial charge in [-0.15, -0.1) is 6.58 Å². The van der Waals surface area contributed by atoms with Gasteiger partial charge in [-0.3, -0.25) is 0 Å². The van der Waals surface area contributed by atoms with E-state index in [4.69, 9.17) is 16.3 Å². The molecule has 0 bridgehead atoms. The minimum absolute atomic E-state index is 0.191. The van der Waals surface area contributed by atoms with Gasteiger partial charge in [0.2, 0.25) is 0 Å². The van der Waals surface area contributed by atoms with Gasteiger partial charge in [-0.25, -0.2) is 4.79 Å². The van der Waals surface area contributed by atoms with Gasteiger partial charge < -0.3 is 20.7 Å². The maximum absolute atomic E-state index is 11.9. The Morgan fingerprint density at radius 3 is 2.69 bits per heavy atom. The van der Waals surface area contributed by atoms with E-state index >= 15 is 0 Å². The topological polar surface area (TPSA) is 62.4 Å². The van der Waals surface area contributed by atoms with E-state index in [9.17, 15) is 4.79 Å². The van der Waals surface area contributed by atoms with Gasteiger partial charge in [0.05, 0.1) is 5.69 Å². The van der Waals surface area contributed by atoms with Crippen molar-refractivity contribution in [2.75, 3.05) is 18.4 Å². The van der Waals surface area contributed by atoms with Crippen LogP contribution in [0.5, 0.6) is 5.75 Å². The molecule has 0 spiro atoms. The Kier molecular flexibility index (Phi) is 9.62. The molecule has 5 nitrogen and oxygen atoms in total. The number of halogens is 1. The first kappa shape index (κ1) is 23.9. The maximum atomic E-state index is 11.9. The quantitative estimate of drug-likeness (QED) is 0.225. The van der Waals surface area contributed by atoms with Crippen molar-refractivity contribution in [3.05, 3.63) is 93.7 Å². The van der Waals surface area contributed by atoms with Crippen LogP contribution >= 0.6 is 22.9 Å². The molecule has 2 amide bonds. The van der Waals surface area contributed by atoms with Crippen LogP contribution in [-0.2, 0) is 19.6 Å². The number of allylic oxidation sites excluding steroid dienone is 1. The van der Waals surface area contributed by atoms with Crippen molar-refractivity contribution in [2.24, 2.45) is 0 Å². The molecule has 0 saturated carbocycles. The predicted molar refractivity (Wildman–Crippen MR) is 134 cm³/mol. The Labute approximate surface area is 198 Å². The number of hydrogen-bond donors (Lipinski definition) is 3. The lowest BCUT2D eigenvalue weighted by molar-refractivity contribution is 0.252. The largest absolute Gasteiger partial charge is 0.488 e. The van der Waals surface area contributed by atoms with E-state index in [-0.39, 0.29) is 6.03 Å². The Hall–Kier alpha value is -2.80. The van der Waals surface area contributed by atoms with E-state index in [2.05, 4.69) is 22.5 Å². The van der Waals surface area contributed by atoms with Crippen molar-refractivity contribution < 1.29 is 9.53 Å². The molecule has 2 aromatic carbocycles. The summed E-state index contributed by atoms with van der Waals surface area (Å²) in [6.45, 7) is 6.30. The summed E-state index contributed by atoms with van der Waals surface area (Å²) in [5, 5.41) is 13.6. The first-order chi connectivity index (χ1) is 15.7. The average molecular weight is 470 g/mol. The van der Waals surface area contributed by atoms with Gasteiger partial charge in [0.1, 0.15) is 12.4 Å². The second kappa shape index (κ2) is 12.9. The summed E-state index contributed by atoms with van der Waals surface area (Å²) in [6.07, 6.45) is 3.34. The lowest BCUT2D eigenvalue weighted by atomic mass is 10.1. The van der Waals surface area contributed by atoms with E-state index in [1.54, 1.807) is 11.3 Å². The highest BCUT2D eigenvalue weighted by Crippen LogP contribution is 2.30. The number of amides is 2. The summed E-state index contributed by atoms with van der Waals surface area (Å²) in [7, 11) is 0. The third kappa shape index (κ3) is 7.71. The molecule has 32 heavy (non-hydrogen) atoms. The summed E-state index contributed by atoms with van der Waals surface area (Å²) in [6, 6.07) is 15.6. The molecule has 0 unspecified atom stereocenters. The van der Waals surface area contributed by atoms with Crippen molar-refractivity contribution in [3.8, 4) is 5.75 Å². The van der Waals surface area contributed by atoms with Gasteiger partial charge in [0.15, 0.2) is 0 Å². The first-order valence-electron chi connectivity index (χ1n) is 10.5. The fourth-order valence-electron chi connectivity index (χ4n) is 3.21. The molecule has 7 heteroatoms. The van der Waals surface area contributed by atoms with Crippen LogP contribution in [-0.4, -0.2) is 19.1 Å². The highest BCUT2D eigenvalue weighted by atomic mass is 35.5. The van der Waals surface area contributed by atoms with Crippen LogP contribution < -0.4 is 20.7 Å². The number of thiophene rings is 1. The molecule has 3 N–H and O–H groups in total. The Morgan fingerprint density at radius 2 is 1.94 bits per heavy atom. The smallest absolute Gasteiger partial charge is 0.319 e. The lowest BCUT2D eigenvalue weighted by Gasteiger charge is -2.17. The molecule has 0 saturated heterocycles. The van der Waals surface area contributed by atoms with Crippen LogP contribution in [0.3, 0.4) is 0 Å². The molecule has 3 aromatic rings. The third-order valence-corrected chi connectivity index (χ3v) is 5.61. The molecule has 1 aromatic heterocycles. The van der Waals surface area contributed by atoms with Crippen LogP contribution in [0, 0.1) is 0 Å². The molecular formula is C25H28ClN3O2S. The monoisotopic (exact) mass is 469 g/mol. The van der Waals surface area contributed by atoms with Gasteiger partial charge >= 0.3 is 6.03 Å². The van der Waals surface area contributed by atoms with Gasteiger partial charge in [-0.05, 0) is 54.1 Å². The Bertz CT molecular complexity index is 994. The van der Waals surface area contributed by atoms with Crippen molar-refractivity contribution in [2.45, 2.75) is 26.0 Å². The second-order valence-electron chi connectivity index (χ2n) is 7.24. The molecule has 0 radical (unpaired) electrons. The van der Waals surface area contributed by atoms with E-state index in [0.29, 0.717) is 31.1 Å². The van der Waals surface area contributed by atoms with Crippen LogP contribution in [0.2, 0.25) is 5.02 Å². The molecule has 1 heterocycles. The number of benzene rings is 2. The molecule has 0 aliphatic rings. The molecule has 168 valence electrons. The highest BCUT2D eigenvalue weighted by Gasteiger charge is 2.12. The van der Waals surface area contributed by atoms with Crippen molar-refractivity contribution in [1.29, 1.82) is 0 Å². The number of carbonyl (C=O) groups excluding carboxylic acids is 1. The number of nitrogens with one attached hydrogen (secondary N) is 3. The minimum Gasteiger partial charge on any atom is -0.488 e. The third-order valence-electron chi connectivity index (χ3n) is 4.71. The number of rotatable bonds is 12. The molecule has 0 aliphatic carbocycles. The Balaban J connectivity index is 1.50. The zero-order valence-electron chi connectivity index (χ0n) is 17.9. The van der Waals surface area contributed by atoms with Crippen LogP contribution in [0.15, 0.2) is 71.9 Å². The number of carbonyl (C=O) groups is 1. The van der Waals surface area contributed by atoms with Crippen LogP contribution in [0.1, 0.15) is 23.1 Å². The zero-order valence-corrected chi connectivity index (χ0v) is 19.5. The number of urea groups is 1. The Morgan fingerprint density at radius 1 is 1.12 bits per heavy atom. The SMILES string of the molecule is C=CCc1cc(Cl)cc(CNCCCNC(=O)Nc2ccsc2)c1OCc1ccccc1. The lowest BCUT2D eigenvalue weighted by Crippen LogP contribution is -2.31. The maximum Gasteiger partial charge on any atom is 0.319 e. The molecule has 0 atom stereocenters. The number of ether oxygens (including phenoxy) is 1. The standard InChI is InChI=1S/C25H28ClN3O2S/c1-2-7-20-14-22(26)15-21(24(20)31-17-19-8-4-3-5-9-19)16-27-11-6-12-28-25(30)29-23-10-13-32-18-23/h2-5,8-10,13-15,18,27H,1,6-7,11-12,16-17H2,(H2,28,29,30). The summed E-state index contributed by atoms with van der Waals surface area (Å²) >= 11 is 7.90. The van der Waals surface area contributed by atoms with Crippen molar-refractivity contribution in [1.82, 2.24) is 10.6 Å². The molecule has 0 fully saturated rings. The average Bonchev–Trinajstić information content (AvgIpc) is 3.29. The first-order valence-corrected chi connectivity index (χ1v) is 11.8. The van der Waals surface area contributed by atoms with Crippen molar-refractivity contribution in [3.63, 3.8) is 0 Å². The van der Waals surface area contributed by atoms with Crippen LogP contribution in [0.4, 0.5) is 10.5 Å². The highest BCUT2D eigenvalue weighted by molar-refractivity contribution is 7.08. The van der Waals surface area contributed by atoms with Gasteiger partial charge in [-0.2, -0.15) is 11.3 Å². The van der Waals surface area contributed by atoms with Gasteiger partial charge in [-0.1, -0.05) is 48.0 Å². The molecular weight excluding hydrogens is 442 g/mol. The summed E-state index contributed by atoms with van der Waals surface area (Å²) in [4.78, 5) is 11.9. The van der Waals surface area contributed by atoms with Crippen LogP contribution in [0.25, 0.3) is 0 Å². The zero-order chi connectivity index (χ0) is 22.6. The van der Waals surface area contributed by atoms with E-state index < -0.39 is 0 Å². The predicted octanol–water partition coefficient (Wildman–Crippen LogP) is 6.01. The van der Waals surface area contributed by atoms with Gasteiger partial charge in [0, 0.05) is 29.1 Å². The fraction of sp³-hybridized carbons (Fsp3) is 0.240. The van der Waals surface area contributed by atoms with Gasteiger partial charge in [0.25, 0.3) is 0 Å². The minimum atomic E-state index is -0.191. The number of anilines is 1. The molecule has 3 rings (SSSR count). The van der Waals surface area contributed by atoms with E-state index in [1.807, 2.05) is 65.4 Å². The number of hydrogen-bond acceptors (Lipinski definition) is 4. The summed E-state index contributed by atoms with van der Waals surface area (Å²) in [5.41, 5.74) is 3.95. The second-order valence-corrected chi connectivity index (χ2v) is 8.46.